The fourth-order valence-electron chi connectivity index (χ4n) is 2.48. The monoisotopic (exact) mass is 362 g/mol. The van der Waals surface area contributed by atoms with Crippen LogP contribution in [0.4, 0.5) is 0 Å². The molecule has 0 fully saturated rings. The molecule has 1 aromatic carbocycles. The van der Waals surface area contributed by atoms with Crippen molar-refractivity contribution in [2.24, 2.45) is 0 Å². The van der Waals surface area contributed by atoms with Crippen LogP contribution in [0, 0.1) is 16.2 Å². The van der Waals surface area contributed by atoms with Crippen molar-refractivity contribution in [2.75, 3.05) is 7.05 Å². The summed E-state index contributed by atoms with van der Waals surface area (Å²) in [6.07, 6.45) is 6.41. The minimum atomic E-state index is 0.211. The lowest BCUT2D eigenvalue weighted by Gasteiger charge is -2.11. The summed E-state index contributed by atoms with van der Waals surface area (Å²) in [5.41, 5.74) is 2.56. The molecule has 0 atom stereocenters. The number of fused-ring (bicyclic) bond motifs is 1. The van der Waals surface area contributed by atoms with Crippen LogP contribution in [-0.4, -0.2) is 28.0 Å². The third-order valence-electron chi connectivity index (χ3n) is 3.74. The van der Waals surface area contributed by atoms with E-state index in [2.05, 4.69) is 10.3 Å². The van der Waals surface area contributed by atoms with Crippen LogP contribution in [0.15, 0.2) is 66.0 Å². The van der Waals surface area contributed by atoms with E-state index in [1.165, 1.54) is 22.5 Å². The second-order valence-corrected chi connectivity index (χ2v) is 6.53. The summed E-state index contributed by atoms with van der Waals surface area (Å²) in [6, 6.07) is 13.1. The molecule has 0 amide bonds. The van der Waals surface area contributed by atoms with Crippen molar-refractivity contribution in [1.82, 2.24) is 14.9 Å². The highest BCUT2D eigenvalue weighted by molar-refractivity contribution is 8.13. The lowest BCUT2D eigenvalue weighted by Crippen LogP contribution is -2.24. The Morgan fingerprint density at radius 1 is 1.23 bits per heavy atom. The van der Waals surface area contributed by atoms with E-state index >= 15 is 0 Å². The Balaban J connectivity index is 1.92. The molecule has 0 saturated carbocycles. The molecule has 4 N–H and O–H groups in total. The van der Waals surface area contributed by atoms with Crippen molar-refractivity contribution in [2.45, 2.75) is 4.90 Å². The van der Waals surface area contributed by atoms with Crippen LogP contribution in [0.2, 0.25) is 0 Å². The van der Waals surface area contributed by atoms with E-state index in [0.717, 1.165) is 21.4 Å². The van der Waals surface area contributed by atoms with Gasteiger partial charge in [0.2, 0.25) is 0 Å². The molecule has 0 aliphatic rings. The first-order chi connectivity index (χ1) is 12.6. The SMILES string of the molecule is CN/C=C(\C=N)c1ccc(=N)n(C(=N)Sc2ccc3ncccc3c2)c1. The zero-order valence-electron chi connectivity index (χ0n) is 14.2. The summed E-state index contributed by atoms with van der Waals surface area (Å²) in [5, 5.41) is 28.2. The van der Waals surface area contributed by atoms with Gasteiger partial charge in [0.15, 0.2) is 5.17 Å². The maximum Gasteiger partial charge on any atom is 0.171 e. The number of pyridine rings is 2. The van der Waals surface area contributed by atoms with Crippen LogP contribution in [0.1, 0.15) is 5.56 Å². The number of thioether (sulfide) groups is 1. The van der Waals surface area contributed by atoms with Gasteiger partial charge in [-0.2, -0.15) is 0 Å². The van der Waals surface area contributed by atoms with Gasteiger partial charge in [-0.25, -0.2) is 0 Å². The fraction of sp³-hybridized carbons (Fsp3) is 0.0526. The Bertz CT molecular complexity index is 1070. The van der Waals surface area contributed by atoms with Crippen LogP contribution < -0.4 is 10.8 Å². The van der Waals surface area contributed by atoms with Crippen LogP contribution in [0.3, 0.4) is 0 Å². The second kappa shape index (κ2) is 7.79. The molecule has 7 heteroatoms. The Hall–Kier alpha value is -3.19. The molecule has 3 rings (SSSR count). The molecule has 0 radical (unpaired) electrons. The minimum absolute atomic E-state index is 0.211. The summed E-state index contributed by atoms with van der Waals surface area (Å²) in [6.45, 7) is 0. The van der Waals surface area contributed by atoms with E-state index in [9.17, 15) is 0 Å². The van der Waals surface area contributed by atoms with Gasteiger partial charge in [0.1, 0.15) is 5.49 Å². The highest BCUT2D eigenvalue weighted by atomic mass is 32.2. The Labute approximate surface area is 155 Å². The first-order valence-electron chi connectivity index (χ1n) is 7.89. The molecule has 0 bridgehead atoms. The molecule has 2 aromatic heterocycles. The van der Waals surface area contributed by atoms with Gasteiger partial charge in [0, 0.05) is 53.3 Å². The van der Waals surface area contributed by atoms with Gasteiger partial charge in [-0.05, 0) is 36.4 Å². The first-order valence-corrected chi connectivity index (χ1v) is 8.71. The molecule has 0 aliphatic heterocycles. The van der Waals surface area contributed by atoms with E-state index < -0.39 is 0 Å². The number of rotatable bonds is 4. The largest absolute Gasteiger partial charge is 0.393 e. The van der Waals surface area contributed by atoms with Gasteiger partial charge in [0.25, 0.3) is 0 Å². The van der Waals surface area contributed by atoms with E-state index in [1.54, 1.807) is 37.8 Å². The number of nitrogens with one attached hydrogen (secondary N) is 4. The highest BCUT2D eigenvalue weighted by Gasteiger charge is 2.08. The standard InChI is InChI=1S/C19H18N6S/c1-23-11-15(10-20)14-4-7-18(21)25(12-14)19(22)26-16-5-6-17-13(9-16)3-2-8-24-17/h2-12,20-23H,1H3/b15-11+,20-10?,21-18?,22-19?. The number of nitrogens with zero attached hydrogens (tertiary/aromatic N) is 2. The summed E-state index contributed by atoms with van der Waals surface area (Å²) in [7, 11) is 1.77. The van der Waals surface area contributed by atoms with E-state index in [-0.39, 0.29) is 10.7 Å². The Morgan fingerprint density at radius 2 is 2.08 bits per heavy atom. The molecular formula is C19H18N6S. The van der Waals surface area contributed by atoms with Crippen molar-refractivity contribution in [3.63, 3.8) is 0 Å². The van der Waals surface area contributed by atoms with Crippen LogP contribution in [0.5, 0.6) is 0 Å². The quantitative estimate of drug-likeness (QED) is 0.325. The van der Waals surface area contributed by atoms with E-state index in [0.29, 0.717) is 5.57 Å². The van der Waals surface area contributed by atoms with E-state index in [1.807, 2.05) is 30.3 Å². The number of aromatic nitrogens is 2. The van der Waals surface area contributed by atoms with Gasteiger partial charge in [-0.15, -0.1) is 0 Å². The van der Waals surface area contributed by atoms with Gasteiger partial charge < -0.3 is 10.7 Å². The van der Waals surface area contributed by atoms with Crippen molar-refractivity contribution in [3.8, 4) is 0 Å². The van der Waals surface area contributed by atoms with Gasteiger partial charge in [0.05, 0.1) is 5.52 Å². The van der Waals surface area contributed by atoms with Gasteiger partial charge in [-0.3, -0.25) is 20.4 Å². The van der Waals surface area contributed by atoms with Crippen LogP contribution >= 0.6 is 11.8 Å². The van der Waals surface area contributed by atoms with E-state index in [4.69, 9.17) is 16.2 Å². The highest BCUT2D eigenvalue weighted by Crippen LogP contribution is 2.24. The number of hydrogen-bond donors (Lipinski definition) is 4. The summed E-state index contributed by atoms with van der Waals surface area (Å²) in [4.78, 5) is 5.21. The molecule has 0 spiro atoms. The van der Waals surface area contributed by atoms with Crippen molar-refractivity contribution in [1.29, 1.82) is 16.2 Å². The molecule has 6 nitrogen and oxygen atoms in total. The smallest absolute Gasteiger partial charge is 0.171 e. The second-order valence-electron chi connectivity index (χ2n) is 5.47. The molecule has 0 aliphatic carbocycles. The lowest BCUT2D eigenvalue weighted by atomic mass is 10.1. The Morgan fingerprint density at radius 3 is 2.85 bits per heavy atom. The van der Waals surface area contributed by atoms with Crippen molar-refractivity contribution >= 4 is 39.6 Å². The summed E-state index contributed by atoms with van der Waals surface area (Å²) < 4.78 is 1.50. The number of allylic oxidation sites excluding steroid dienone is 1. The normalized spacial score (nSPS) is 11.3. The zero-order chi connectivity index (χ0) is 18.5. The summed E-state index contributed by atoms with van der Waals surface area (Å²) >= 11 is 1.27. The Kier molecular flexibility index (Phi) is 5.28. The van der Waals surface area contributed by atoms with Crippen molar-refractivity contribution < 1.29 is 0 Å². The first kappa shape index (κ1) is 17.6. The topological polar surface area (TPSA) is 101 Å². The van der Waals surface area contributed by atoms with Crippen LogP contribution in [0.25, 0.3) is 16.5 Å². The van der Waals surface area contributed by atoms with Gasteiger partial charge >= 0.3 is 0 Å². The van der Waals surface area contributed by atoms with Crippen molar-refractivity contribution in [3.05, 3.63) is 72.1 Å². The maximum atomic E-state index is 8.41. The molecule has 2 heterocycles. The fourth-order valence-corrected chi connectivity index (χ4v) is 3.28. The number of hydrogen-bond acceptors (Lipinski definition) is 6. The maximum absolute atomic E-state index is 8.41. The predicted molar refractivity (Wildman–Crippen MR) is 107 cm³/mol. The average molecular weight is 362 g/mol. The lowest BCUT2D eigenvalue weighted by molar-refractivity contribution is 0.976. The third-order valence-corrected chi connectivity index (χ3v) is 4.62. The average Bonchev–Trinajstić information content (AvgIpc) is 2.66. The molecular weight excluding hydrogens is 344 g/mol. The van der Waals surface area contributed by atoms with Crippen LogP contribution in [-0.2, 0) is 0 Å². The predicted octanol–water partition coefficient (Wildman–Crippen LogP) is 3.30. The van der Waals surface area contributed by atoms with Gasteiger partial charge in [-0.1, -0.05) is 17.8 Å². The summed E-state index contributed by atoms with van der Waals surface area (Å²) in [5.74, 6) is 0. The molecule has 0 saturated heterocycles. The third kappa shape index (κ3) is 3.73. The number of benzene rings is 1. The molecule has 26 heavy (non-hydrogen) atoms. The zero-order valence-corrected chi connectivity index (χ0v) is 15.0. The minimum Gasteiger partial charge on any atom is -0.393 e. The molecule has 0 unspecified atom stereocenters. The molecule has 3 aromatic rings. The molecule has 130 valence electrons.